The molecular weight excluding hydrogens is 408 g/mol. The maximum atomic E-state index is 12.1. The standard InChI is InChI=1S/C26H40O6/c1-16(12-15-30-18(3)27)10-11-21-17(2)22(31-19(4)28)23(32-20(5)29)24-25(6,7)13-9-14-26(21,24)8/h12,22-24H,9-11,13-15H2,1-8H3. The van der Waals surface area contributed by atoms with Crippen molar-refractivity contribution in [2.24, 2.45) is 16.7 Å². The van der Waals surface area contributed by atoms with Gasteiger partial charge in [-0.3, -0.25) is 14.4 Å². The molecule has 0 aromatic carbocycles. The van der Waals surface area contributed by atoms with Gasteiger partial charge in [0.25, 0.3) is 0 Å². The molecule has 0 amide bonds. The van der Waals surface area contributed by atoms with E-state index in [2.05, 4.69) is 20.8 Å². The molecule has 6 nitrogen and oxygen atoms in total. The van der Waals surface area contributed by atoms with E-state index in [4.69, 9.17) is 14.2 Å². The van der Waals surface area contributed by atoms with E-state index in [9.17, 15) is 14.4 Å². The van der Waals surface area contributed by atoms with E-state index in [0.29, 0.717) is 0 Å². The lowest BCUT2D eigenvalue weighted by Crippen LogP contribution is -2.58. The van der Waals surface area contributed by atoms with Gasteiger partial charge in [-0.1, -0.05) is 38.3 Å². The number of carbonyl (C=O) groups excluding carboxylic acids is 3. The minimum atomic E-state index is -0.577. The topological polar surface area (TPSA) is 78.9 Å². The molecule has 0 radical (unpaired) electrons. The molecule has 0 heterocycles. The Bertz CT molecular complexity index is 805. The molecule has 0 saturated heterocycles. The third-order valence-corrected chi connectivity index (χ3v) is 7.35. The molecule has 6 heteroatoms. The van der Waals surface area contributed by atoms with Crippen LogP contribution >= 0.6 is 0 Å². The van der Waals surface area contributed by atoms with Gasteiger partial charge in [-0.25, -0.2) is 0 Å². The Labute approximate surface area is 192 Å². The van der Waals surface area contributed by atoms with E-state index >= 15 is 0 Å². The lowest BCUT2D eigenvalue weighted by Gasteiger charge is -2.58. The average Bonchev–Trinajstić information content (AvgIpc) is 2.62. The molecule has 32 heavy (non-hydrogen) atoms. The monoisotopic (exact) mass is 448 g/mol. The molecule has 0 aromatic rings. The summed E-state index contributed by atoms with van der Waals surface area (Å²) in [4.78, 5) is 35.1. The van der Waals surface area contributed by atoms with Crippen molar-refractivity contribution in [3.8, 4) is 0 Å². The number of esters is 3. The second-order valence-electron chi connectivity index (χ2n) is 10.4. The first-order valence-electron chi connectivity index (χ1n) is 11.6. The summed E-state index contributed by atoms with van der Waals surface area (Å²) in [5.74, 6) is -0.974. The zero-order chi connectivity index (χ0) is 24.3. The van der Waals surface area contributed by atoms with E-state index in [-0.39, 0.29) is 41.3 Å². The molecule has 4 unspecified atom stereocenters. The second kappa shape index (κ2) is 10.2. The number of allylic oxidation sites excluding steroid dienone is 2. The van der Waals surface area contributed by atoms with Crippen LogP contribution in [0.5, 0.6) is 0 Å². The molecule has 0 spiro atoms. The Hall–Kier alpha value is -2.11. The van der Waals surface area contributed by atoms with Crippen LogP contribution < -0.4 is 0 Å². The van der Waals surface area contributed by atoms with Crippen molar-refractivity contribution in [1.29, 1.82) is 0 Å². The van der Waals surface area contributed by atoms with Crippen molar-refractivity contribution < 1.29 is 28.6 Å². The summed E-state index contributed by atoms with van der Waals surface area (Å²) < 4.78 is 16.7. The summed E-state index contributed by atoms with van der Waals surface area (Å²) in [6, 6.07) is 0. The first-order chi connectivity index (χ1) is 14.8. The molecule has 0 bridgehead atoms. The van der Waals surface area contributed by atoms with Crippen molar-refractivity contribution in [1.82, 2.24) is 0 Å². The van der Waals surface area contributed by atoms with Gasteiger partial charge in [0, 0.05) is 26.7 Å². The molecule has 0 aliphatic heterocycles. The Morgan fingerprint density at radius 1 is 0.969 bits per heavy atom. The summed E-state index contributed by atoms with van der Waals surface area (Å²) in [6.07, 6.45) is 5.65. The Morgan fingerprint density at radius 3 is 2.16 bits per heavy atom. The van der Waals surface area contributed by atoms with E-state index in [1.165, 1.54) is 26.3 Å². The van der Waals surface area contributed by atoms with Crippen molar-refractivity contribution in [2.75, 3.05) is 6.61 Å². The minimum absolute atomic E-state index is 0.0426. The maximum absolute atomic E-state index is 12.1. The van der Waals surface area contributed by atoms with Gasteiger partial charge in [0.05, 0.1) is 0 Å². The number of fused-ring (bicyclic) bond motifs is 1. The van der Waals surface area contributed by atoms with Crippen LogP contribution in [0.4, 0.5) is 0 Å². The third kappa shape index (κ3) is 5.81. The number of rotatable bonds is 7. The van der Waals surface area contributed by atoms with Gasteiger partial charge < -0.3 is 14.2 Å². The predicted octanol–water partition coefficient (Wildman–Crippen LogP) is 5.30. The Kier molecular flexibility index (Phi) is 8.35. The maximum Gasteiger partial charge on any atom is 0.303 e. The summed E-state index contributed by atoms with van der Waals surface area (Å²) in [7, 11) is 0. The van der Waals surface area contributed by atoms with Crippen LogP contribution in [0, 0.1) is 16.7 Å². The summed E-state index contributed by atoms with van der Waals surface area (Å²) in [6.45, 7) is 15.3. The fourth-order valence-electron chi connectivity index (χ4n) is 6.14. The average molecular weight is 449 g/mol. The van der Waals surface area contributed by atoms with Crippen LogP contribution in [0.1, 0.15) is 87.5 Å². The highest BCUT2D eigenvalue weighted by atomic mass is 16.6. The highest BCUT2D eigenvalue weighted by Gasteiger charge is 2.59. The normalized spacial score (nSPS) is 29.8. The van der Waals surface area contributed by atoms with Gasteiger partial charge in [0.2, 0.25) is 0 Å². The van der Waals surface area contributed by atoms with Gasteiger partial charge in [0.15, 0.2) is 6.10 Å². The highest BCUT2D eigenvalue weighted by Crippen LogP contribution is 2.61. The zero-order valence-electron chi connectivity index (χ0n) is 21.0. The first kappa shape index (κ1) is 26.1. The third-order valence-electron chi connectivity index (χ3n) is 7.35. The first-order valence-corrected chi connectivity index (χ1v) is 11.6. The number of ether oxygens (including phenoxy) is 3. The Morgan fingerprint density at radius 2 is 1.59 bits per heavy atom. The number of hydrogen-bond donors (Lipinski definition) is 0. The fourth-order valence-corrected chi connectivity index (χ4v) is 6.14. The van der Waals surface area contributed by atoms with E-state index < -0.39 is 12.2 Å². The van der Waals surface area contributed by atoms with Crippen molar-refractivity contribution in [2.45, 2.75) is 99.7 Å². The SMILES string of the molecule is CC(=O)OCC=C(C)CCC1=C(C)C(OC(C)=O)C(OC(C)=O)C2C(C)(C)CCCC12C. The lowest BCUT2D eigenvalue weighted by molar-refractivity contribution is -0.184. The van der Waals surface area contributed by atoms with Gasteiger partial charge in [0.1, 0.15) is 12.7 Å². The molecule has 1 fully saturated rings. The summed E-state index contributed by atoms with van der Waals surface area (Å²) in [5, 5.41) is 0. The fraction of sp³-hybridized carbons (Fsp3) is 0.731. The lowest BCUT2D eigenvalue weighted by atomic mass is 9.48. The van der Waals surface area contributed by atoms with E-state index in [1.54, 1.807) is 0 Å². The molecule has 2 aliphatic rings. The zero-order valence-corrected chi connectivity index (χ0v) is 21.0. The van der Waals surface area contributed by atoms with E-state index in [1.807, 2.05) is 19.9 Å². The van der Waals surface area contributed by atoms with Crippen LogP contribution in [-0.4, -0.2) is 36.7 Å². The summed E-state index contributed by atoms with van der Waals surface area (Å²) in [5.41, 5.74) is 3.21. The molecular formula is C26H40O6. The van der Waals surface area contributed by atoms with Gasteiger partial charge in [-0.05, 0) is 62.0 Å². The molecule has 1 saturated carbocycles. The van der Waals surface area contributed by atoms with Crippen LogP contribution in [0.2, 0.25) is 0 Å². The molecule has 2 aliphatic carbocycles. The number of carbonyl (C=O) groups is 3. The second-order valence-corrected chi connectivity index (χ2v) is 10.4. The highest BCUT2D eigenvalue weighted by molar-refractivity contribution is 5.68. The van der Waals surface area contributed by atoms with Crippen LogP contribution in [0.3, 0.4) is 0 Å². The summed E-state index contributed by atoms with van der Waals surface area (Å²) >= 11 is 0. The molecule has 180 valence electrons. The quantitative estimate of drug-likeness (QED) is 0.299. The van der Waals surface area contributed by atoms with Gasteiger partial charge in [-0.2, -0.15) is 0 Å². The molecule has 0 N–H and O–H groups in total. The van der Waals surface area contributed by atoms with Gasteiger partial charge in [-0.15, -0.1) is 0 Å². The van der Waals surface area contributed by atoms with E-state index in [0.717, 1.165) is 43.3 Å². The van der Waals surface area contributed by atoms with Crippen molar-refractivity contribution in [3.63, 3.8) is 0 Å². The van der Waals surface area contributed by atoms with Crippen molar-refractivity contribution in [3.05, 3.63) is 22.8 Å². The Balaban J connectivity index is 2.48. The smallest absolute Gasteiger partial charge is 0.303 e. The largest absolute Gasteiger partial charge is 0.462 e. The predicted molar refractivity (Wildman–Crippen MR) is 123 cm³/mol. The molecule has 4 atom stereocenters. The van der Waals surface area contributed by atoms with Crippen molar-refractivity contribution >= 4 is 17.9 Å². The molecule has 0 aromatic heterocycles. The number of hydrogen-bond acceptors (Lipinski definition) is 6. The minimum Gasteiger partial charge on any atom is -0.462 e. The van der Waals surface area contributed by atoms with Crippen LogP contribution in [0.15, 0.2) is 22.8 Å². The van der Waals surface area contributed by atoms with Gasteiger partial charge >= 0.3 is 17.9 Å². The van der Waals surface area contributed by atoms with Crippen LogP contribution in [0.25, 0.3) is 0 Å². The molecule has 2 rings (SSSR count). The van der Waals surface area contributed by atoms with Crippen LogP contribution in [-0.2, 0) is 28.6 Å².